The summed E-state index contributed by atoms with van der Waals surface area (Å²) in [5, 5.41) is 16.5. The van der Waals surface area contributed by atoms with Gasteiger partial charge in [0.2, 0.25) is 5.91 Å². The predicted molar refractivity (Wildman–Crippen MR) is 92.3 cm³/mol. The number of nitrogens with one attached hydrogen (secondary N) is 1. The third-order valence-electron chi connectivity index (χ3n) is 5.24. The maximum Gasteiger partial charge on any atom is 0.229 e. The van der Waals surface area contributed by atoms with Crippen LogP contribution in [-0.2, 0) is 10.2 Å². The van der Waals surface area contributed by atoms with E-state index in [0.29, 0.717) is 18.0 Å². The van der Waals surface area contributed by atoms with Crippen molar-refractivity contribution in [1.29, 1.82) is 5.26 Å². The Balaban J connectivity index is 1.56. The van der Waals surface area contributed by atoms with Crippen molar-refractivity contribution in [3.8, 4) is 11.8 Å². The fourth-order valence-corrected chi connectivity index (χ4v) is 3.74. The van der Waals surface area contributed by atoms with Gasteiger partial charge in [0.05, 0.1) is 6.61 Å². The average molecular weight is 336 g/mol. The number of benzene rings is 1. The van der Waals surface area contributed by atoms with Gasteiger partial charge in [0.25, 0.3) is 0 Å². The van der Waals surface area contributed by atoms with Crippen LogP contribution in [0.3, 0.4) is 0 Å². The second-order valence-corrected chi connectivity index (χ2v) is 7.07. The Morgan fingerprint density at radius 1 is 1.48 bits per heavy atom. The van der Waals surface area contributed by atoms with Gasteiger partial charge in [-0.2, -0.15) is 10.4 Å². The van der Waals surface area contributed by atoms with E-state index in [1.807, 2.05) is 32.0 Å². The molecule has 1 aromatic heterocycles. The van der Waals surface area contributed by atoms with Gasteiger partial charge in [-0.1, -0.05) is 18.2 Å². The summed E-state index contributed by atoms with van der Waals surface area (Å²) in [4.78, 5) is 12.8. The molecule has 0 unspecified atom stereocenters. The Morgan fingerprint density at radius 2 is 2.28 bits per heavy atom. The molecule has 6 heteroatoms. The first-order chi connectivity index (χ1) is 12.0. The van der Waals surface area contributed by atoms with E-state index in [0.717, 1.165) is 24.2 Å². The summed E-state index contributed by atoms with van der Waals surface area (Å²) < 4.78 is 7.42. The number of hydrogen-bond donors (Lipinski definition) is 1. The van der Waals surface area contributed by atoms with E-state index in [1.54, 1.807) is 10.9 Å². The first kappa shape index (κ1) is 15.7. The zero-order valence-electron chi connectivity index (χ0n) is 14.3. The van der Waals surface area contributed by atoms with Crippen LogP contribution in [0.4, 0.5) is 5.82 Å². The molecule has 1 N–H and O–H groups in total. The lowest BCUT2D eigenvalue weighted by Gasteiger charge is -2.26. The van der Waals surface area contributed by atoms with E-state index in [-0.39, 0.29) is 23.3 Å². The first-order valence-electron chi connectivity index (χ1n) is 8.57. The van der Waals surface area contributed by atoms with Crippen molar-refractivity contribution in [2.24, 2.45) is 5.92 Å². The monoisotopic (exact) mass is 336 g/mol. The van der Waals surface area contributed by atoms with Gasteiger partial charge >= 0.3 is 0 Å². The normalized spacial score (nSPS) is 23.7. The van der Waals surface area contributed by atoms with Crippen LogP contribution in [0.2, 0.25) is 0 Å². The SMILES string of the molecule is CC(C)n1cc(C#N)c(NC(=O)[C@@H]2C[C@]23CCOc2ccccc23)n1. The Bertz CT molecular complexity index is 880. The molecule has 0 bridgehead atoms. The maximum absolute atomic E-state index is 12.8. The molecule has 1 saturated carbocycles. The van der Waals surface area contributed by atoms with Crippen molar-refractivity contribution in [3.05, 3.63) is 41.6 Å². The number of carbonyl (C=O) groups excluding carboxylic acids is 1. The molecular weight excluding hydrogens is 316 g/mol. The fourth-order valence-electron chi connectivity index (χ4n) is 3.74. The smallest absolute Gasteiger partial charge is 0.229 e. The quantitative estimate of drug-likeness (QED) is 0.934. The standard InChI is InChI=1S/C19H20N4O2/c1-12(2)23-11-13(10-20)17(22-23)21-18(24)15-9-19(15)7-8-25-16-6-4-3-5-14(16)19/h3-6,11-12,15H,7-9H2,1-2H3,(H,21,22,24)/t15-,19-/m0/s1. The molecule has 1 amide bonds. The average Bonchev–Trinajstić information content (AvgIpc) is 3.17. The highest BCUT2D eigenvalue weighted by atomic mass is 16.5. The van der Waals surface area contributed by atoms with Gasteiger partial charge in [0.1, 0.15) is 17.4 Å². The minimum atomic E-state index is -0.133. The summed E-state index contributed by atoms with van der Waals surface area (Å²) in [7, 11) is 0. The molecule has 2 aromatic rings. The van der Waals surface area contributed by atoms with E-state index in [2.05, 4.69) is 22.6 Å². The summed E-state index contributed by atoms with van der Waals surface area (Å²) in [6, 6.07) is 10.2. The molecule has 0 saturated heterocycles. The third-order valence-corrected chi connectivity index (χ3v) is 5.24. The molecule has 2 heterocycles. The lowest BCUT2D eigenvalue weighted by Crippen LogP contribution is -2.26. The van der Waals surface area contributed by atoms with Crippen molar-refractivity contribution < 1.29 is 9.53 Å². The molecule has 0 radical (unpaired) electrons. The van der Waals surface area contributed by atoms with E-state index < -0.39 is 0 Å². The predicted octanol–water partition coefficient (Wildman–Crippen LogP) is 3.01. The summed E-state index contributed by atoms with van der Waals surface area (Å²) in [6.07, 6.45) is 3.33. The summed E-state index contributed by atoms with van der Waals surface area (Å²) in [5.41, 5.74) is 1.38. The van der Waals surface area contributed by atoms with Gasteiger partial charge in [0.15, 0.2) is 5.82 Å². The van der Waals surface area contributed by atoms with Crippen LogP contribution in [0, 0.1) is 17.2 Å². The van der Waals surface area contributed by atoms with Crippen LogP contribution in [0.25, 0.3) is 0 Å². The Labute approximate surface area is 146 Å². The van der Waals surface area contributed by atoms with Crippen molar-refractivity contribution in [2.75, 3.05) is 11.9 Å². The number of nitrogens with zero attached hydrogens (tertiary/aromatic N) is 3. The van der Waals surface area contributed by atoms with Crippen LogP contribution in [0.5, 0.6) is 5.75 Å². The summed E-state index contributed by atoms with van der Waals surface area (Å²) in [5.74, 6) is 1.06. The number of anilines is 1. The highest BCUT2D eigenvalue weighted by Gasteiger charge is 2.61. The lowest BCUT2D eigenvalue weighted by atomic mass is 9.87. The minimum absolute atomic E-state index is 0.0674. The number of para-hydroxylation sites is 1. The second kappa shape index (κ2) is 5.62. The molecule has 6 nitrogen and oxygen atoms in total. The molecular formula is C19H20N4O2. The fraction of sp³-hybridized carbons (Fsp3) is 0.421. The van der Waals surface area contributed by atoms with Crippen LogP contribution in [0.15, 0.2) is 30.5 Å². The van der Waals surface area contributed by atoms with Crippen LogP contribution in [0.1, 0.15) is 43.9 Å². The van der Waals surface area contributed by atoms with Crippen LogP contribution < -0.4 is 10.1 Å². The van der Waals surface area contributed by atoms with Gasteiger partial charge in [-0.3, -0.25) is 9.48 Å². The van der Waals surface area contributed by atoms with Crippen molar-refractivity contribution in [1.82, 2.24) is 9.78 Å². The van der Waals surface area contributed by atoms with E-state index in [1.165, 1.54) is 0 Å². The molecule has 1 aromatic carbocycles. The number of rotatable bonds is 3. The van der Waals surface area contributed by atoms with Crippen LogP contribution in [-0.4, -0.2) is 22.3 Å². The molecule has 4 rings (SSSR count). The molecule has 2 atom stereocenters. The lowest BCUT2D eigenvalue weighted by molar-refractivity contribution is -0.117. The Morgan fingerprint density at radius 3 is 3.04 bits per heavy atom. The van der Waals surface area contributed by atoms with Gasteiger partial charge in [-0.05, 0) is 32.8 Å². The highest BCUT2D eigenvalue weighted by Crippen LogP contribution is 2.60. The first-order valence-corrected chi connectivity index (χ1v) is 8.57. The third kappa shape index (κ3) is 2.47. The highest BCUT2D eigenvalue weighted by molar-refractivity contribution is 5.96. The Kier molecular flexibility index (Phi) is 3.53. The molecule has 128 valence electrons. The van der Waals surface area contributed by atoms with Gasteiger partial charge in [0, 0.05) is 29.1 Å². The van der Waals surface area contributed by atoms with E-state index >= 15 is 0 Å². The van der Waals surface area contributed by atoms with Crippen molar-refractivity contribution in [2.45, 2.75) is 38.1 Å². The number of hydrogen-bond acceptors (Lipinski definition) is 4. The summed E-state index contributed by atoms with van der Waals surface area (Å²) in [6.45, 7) is 4.59. The Hall–Kier alpha value is -2.81. The topological polar surface area (TPSA) is 79.9 Å². The van der Waals surface area contributed by atoms with Gasteiger partial charge < -0.3 is 10.1 Å². The molecule has 1 aliphatic carbocycles. The number of amides is 1. The van der Waals surface area contributed by atoms with E-state index in [4.69, 9.17) is 4.74 Å². The molecule has 1 spiro atoms. The second-order valence-electron chi connectivity index (χ2n) is 7.07. The van der Waals surface area contributed by atoms with Gasteiger partial charge in [-0.25, -0.2) is 0 Å². The molecule has 1 aliphatic heterocycles. The number of aromatic nitrogens is 2. The maximum atomic E-state index is 12.8. The molecule has 2 aliphatic rings. The molecule has 25 heavy (non-hydrogen) atoms. The number of carbonyl (C=O) groups is 1. The number of nitriles is 1. The van der Waals surface area contributed by atoms with Crippen LogP contribution >= 0.6 is 0 Å². The van der Waals surface area contributed by atoms with Crippen molar-refractivity contribution in [3.63, 3.8) is 0 Å². The minimum Gasteiger partial charge on any atom is -0.493 e. The van der Waals surface area contributed by atoms with Gasteiger partial charge in [-0.15, -0.1) is 0 Å². The van der Waals surface area contributed by atoms with Crippen molar-refractivity contribution >= 4 is 11.7 Å². The number of ether oxygens (including phenoxy) is 1. The molecule has 1 fully saturated rings. The zero-order valence-corrected chi connectivity index (χ0v) is 14.3. The zero-order chi connectivity index (χ0) is 17.6. The van der Waals surface area contributed by atoms with E-state index in [9.17, 15) is 10.1 Å². The number of fused-ring (bicyclic) bond motifs is 2. The largest absolute Gasteiger partial charge is 0.493 e. The summed E-state index contributed by atoms with van der Waals surface area (Å²) >= 11 is 0.